The fourth-order valence-corrected chi connectivity index (χ4v) is 1.37. The van der Waals surface area contributed by atoms with E-state index in [-0.39, 0.29) is 6.61 Å². The van der Waals surface area contributed by atoms with Gasteiger partial charge in [0.1, 0.15) is 11.5 Å². The number of halogens is 1. The normalized spacial score (nSPS) is 9.85. The molecule has 0 saturated heterocycles. The van der Waals surface area contributed by atoms with Crippen LogP contribution in [0.4, 0.5) is 0 Å². The Bertz CT molecular complexity index is 299. The lowest BCUT2D eigenvalue weighted by Crippen LogP contribution is -1.95. The highest BCUT2D eigenvalue weighted by Gasteiger charge is 2.11. The van der Waals surface area contributed by atoms with Crippen molar-refractivity contribution in [1.82, 2.24) is 0 Å². The molecule has 0 atom stereocenters. The standard InChI is InChI=1S/C9H11ClO3/c1-12-7-3-4-8(13-2)9(10)6(7)5-11/h3-4,11H,5H2,1-2H3. The molecule has 4 heteroatoms. The highest BCUT2D eigenvalue weighted by molar-refractivity contribution is 6.33. The van der Waals surface area contributed by atoms with Crippen LogP contribution in [0.25, 0.3) is 0 Å². The van der Waals surface area contributed by atoms with Gasteiger partial charge in [0.2, 0.25) is 0 Å². The van der Waals surface area contributed by atoms with Crippen LogP contribution in [0.15, 0.2) is 12.1 Å². The van der Waals surface area contributed by atoms with Gasteiger partial charge in [-0.25, -0.2) is 0 Å². The van der Waals surface area contributed by atoms with Crippen molar-refractivity contribution in [3.8, 4) is 11.5 Å². The molecule has 1 rings (SSSR count). The molecule has 1 N–H and O–H groups in total. The van der Waals surface area contributed by atoms with Crippen molar-refractivity contribution in [2.24, 2.45) is 0 Å². The highest BCUT2D eigenvalue weighted by Crippen LogP contribution is 2.34. The van der Waals surface area contributed by atoms with Crippen LogP contribution in [-0.4, -0.2) is 19.3 Å². The van der Waals surface area contributed by atoms with Crippen molar-refractivity contribution >= 4 is 11.6 Å². The van der Waals surface area contributed by atoms with E-state index < -0.39 is 0 Å². The molecule has 0 radical (unpaired) electrons. The molecular weight excluding hydrogens is 192 g/mol. The fraction of sp³-hybridized carbons (Fsp3) is 0.333. The Labute approximate surface area is 81.9 Å². The molecule has 0 aromatic heterocycles. The molecule has 13 heavy (non-hydrogen) atoms. The number of rotatable bonds is 3. The second-order valence-electron chi connectivity index (χ2n) is 2.42. The van der Waals surface area contributed by atoms with Crippen LogP contribution in [0.5, 0.6) is 11.5 Å². The number of ether oxygens (including phenoxy) is 2. The van der Waals surface area contributed by atoms with E-state index in [2.05, 4.69) is 0 Å². The molecule has 0 amide bonds. The first-order chi connectivity index (χ1) is 6.24. The molecule has 0 unspecified atom stereocenters. The van der Waals surface area contributed by atoms with Crippen molar-refractivity contribution in [3.63, 3.8) is 0 Å². The van der Waals surface area contributed by atoms with Crippen LogP contribution < -0.4 is 9.47 Å². The van der Waals surface area contributed by atoms with Crippen LogP contribution in [-0.2, 0) is 6.61 Å². The van der Waals surface area contributed by atoms with Gasteiger partial charge in [-0.05, 0) is 12.1 Å². The minimum atomic E-state index is -0.167. The van der Waals surface area contributed by atoms with E-state index >= 15 is 0 Å². The van der Waals surface area contributed by atoms with E-state index in [9.17, 15) is 0 Å². The monoisotopic (exact) mass is 202 g/mol. The van der Waals surface area contributed by atoms with Gasteiger partial charge in [0.05, 0.1) is 25.8 Å². The van der Waals surface area contributed by atoms with Gasteiger partial charge in [0.25, 0.3) is 0 Å². The van der Waals surface area contributed by atoms with Crippen molar-refractivity contribution in [2.75, 3.05) is 14.2 Å². The average Bonchev–Trinajstić information content (AvgIpc) is 2.17. The Morgan fingerprint density at radius 2 is 1.77 bits per heavy atom. The van der Waals surface area contributed by atoms with Gasteiger partial charge in [0.15, 0.2) is 0 Å². The Morgan fingerprint density at radius 1 is 1.23 bits per heavy atom. The molecule has 0 aliphatic heterocycles. The van der Waals surface area contributed by atoms with E-state index in [1.54, 1.807) is 12.1 Å². The van der Waals surface area contributed by atoms with Crippen LogP contribution in [0.2, 0.25) is 5.02 Å². The number of methoxy groups -OCH3 is 2. The smallest absolute Gasteiger partial charge is 0.138 e. The summed E-state index contributed by atoms with van der Waals surface area (Å²) in [6, 6.07) is 3.40. The maximum Gasteiger partial charge on any atom is 0.138 e. The second-order valence-corrected chi connectivity index (χ2v) is 2.80. The molecule has 0 spiro atoms. The molecule has 3 nitrogen and oxygen atoms in total. The molecule has 0 saturated carbocycles. The lowest BCUT2D eigenvalue weighted by Gasteiger charge is -2.10. The van der Waals surface area contributed by atoms with Gasteiger partial charge in [-0.2, -0.15) is 0 Å². The van der Waals surface area contributed by atoms with E-state index in [0.29, 0.717) is 22.1 Å². The van der Waals surface area contributed by atoms with Crippen molar-refractivity contribution < 1.29 is 14.6 Å². The number of aliphatic hydroxyl groups excluding tert-OH is 1. The molecule has 0 heterocycles. The zero-order chi connectivity index (χ0) is 9.84. The minimum Gasteiger partial charge on any atom is -0.496 e. The Hall–Kier alpha value is -0.930. The third-order valence-corrected chi connectivity index (χ3v) is 2.18. The summed E-state index contributed by atoms with van der Waals surface area (Å²) >= 11 is 5.93. The summed E-state index contributed by atoms with van der Waals surface area (Å²) < 4.78 is 10.0. The molecule has 1 aromatic rings. The third kappa shape index (κ3) is 1.87. The van der Waals surface area contributed by atoms with Crippen molar-refractivity contribution in [2.45, 2.75) is 6.61 Å². The van der Waals surface area contributed by atoms with Gasteiger partial charge >= 0.3 is 0 Å². The highest BCUT2D eigenvalue weighted by atomic mass is 35.5. The topological polar surface area (TPSA) is 38.7 Å². The number of hydrogen-bond donors (Lipinski definition) is 1. The molecule has 0 aliphatic carbocycles. The second kappa shape index (κ2) is 4.35. The zero-order valence-electron chi connectivity index (χ0n) is 7.50. The molecule has 0 bridgehead atoms. The van der Waals surface area contributed by atoms with Crippen LogP contribution >= 0.6 is 11.6 Å². The van der Waals surface area contributed by atoms with E-state index in [1.165, 1.54) is 14.2 Å². The van der Waals surface area contributed by atoms with Crippen LogP contribution in [0, 0.1) is 0 Å². The number of benzene rings is 1. The average molecular weight is 203 g/mol. The molecule has 1 aromatic carbocycles. The Morgan fingerprint density at radius 3 is 2.23 bits per heavy atom. The predicted molar refractivity (Wildman–Crippen MR) is 50.5 cm³/mol. The van der Waals surface area contributed by atoms with Crippen LogP contribution in [0.1, 0.15) is 5.56 Å². The largest absolute Gasteiger partial charge is 0.496 e. The Balaban J connectivity index is 3.23. The van der Waals surface area contributed by atoms with Crippen molar-refractivity contribution in [1.29, 1.82) is 0 Å². The number of hydrogen-bond acceptors (Lipinski definition) is 3. The molecule has 0 fully saturated rings. The lowest BCUT2D eigenvalue weighted by atomic mass is 10.2. The fourth-order valence-electron chi connectivity index (χ4n) is 1.08. The quantitative estimate of drug-likeness (QED) is 0.813. The summed E-state index contributed by atoms with van der Waals surface area (Å²) in [5.74, 6) is 1.10. The molecular formula is C9H11ClO3. The maximum atomic E-state index is 9.03. The first kappa shape index (κ1) is 10.2. The van der Waals surface area contributed by atoms with E-state index in [0.717, 1.165) is 0 Å². The minimum absolute atomic E-state index is 0.167. The first-order valence-corrected chi connectivity index (χ1v) is 4.12. The van der Waals surface area contributed by atoms with Gasteiger partial charge in [-0.1, -0.05) is 11.6 Å². The van der Waals surface area contributed by atoms with Gasteiger partial charge in [0, 0.05) is 5.56 Å². The SMILES string of the molecule is COc1ccc(OC)c(CO)c1Cl. The van der Waals surface area contributed by atoms with Gasteiger partial charge in [-0.15, -0.1) is 0 Å². The van der Waals surface area contributed by atoms with Gasteiger partial charge in [-0.3, -0.25) is 0 Å². The summed E-state index contributed by atoms with van der Waals surface area (Å²) in [5.41, 5.74) is 0.545. The molecule has 0 aliphatic rings. The van der Waals surface area contributed by atoms with E-state index in [1.807, 2.05) is 0 Å². The first-order valence-electron chi connectivity index (χ1n) is 3.74. The lowest BCUT2D eigenvalue weighted by molar-refractivity contribution is 0.273. The summed E-state index contributed by atoms with van der Waals surface area (Å²) in [6.07, 6.45) is 0. The third-order valence-electron chi connectivity index (χ3n) is 1.76. The summed E-state index contributed by atoms with van der Waals surface area (Å²) in [6.45, 7) is -0.167. The zero-order valence-corrected chi connectivity index (χ0v) is 8.26. The molecule has 72 valence electrons. The van der Waals surface area contributed by atoms with Gasteiger partial charge < -0.3 is 14.6 Å². The van der Waals surface area contributed by atoms with Crippen molar-refractivity contribution in [3.05, 3.63) is 22.7 Å². The summed E-state index contributed by atoms with van der Waals surface area (Å²) in [7, 11) is 3.05. The summed E-state index contributed by atoms with van der Waals surface area (Å²) in [4.78, 5) is 0. The maximum absolute atomic E-state index is 9.03. The van der Waals surface area contributed by atoms with E-state index in [4.69, 9.17) is 26.2 Å². The Kier molecular flexibility index (Phi) is 3.39. The van der Waals surface area contributed by atoms with Crippen LogP contribution in [0.3, 0.4) is 0 Å². The number of aliphatic hydroxyl groups is 1. The predicted octanol–water partition coefficient (Wildman–Crippen LogP) is 1.85. The summed E-state index contributed by atoms with van der Waals surface area (Å²) in [5, 5.41) is 9.42.